The Kier molecular flexibility index (Phi) is 6.74. The van der Waals surface area contributed by atoms with Gasteiger partial charge < -0.3 is 15.0 Å². The third-order valence-corrected chi connectivity index (χ3v) is 6.55. The standard InChI is InChI=1S/C19H26N4O5S2/c1-28-16-5-3-6-17(14-16)30(26,27)22-18-8-7-15(13-19(18)21-29(2,24)25)23-11-4-9-20-10-12-23/h3,5-8,13-14,20-22H,4,9-12H2,1-2H3. The zero-order valence-corrected chi connectivity index (χ0v) is 18.5. The van der Waals surface area contributed by atoms with Gasteiger partial charge >= 0.3 is 0 Å². The molecule has 0 radical (unpaired) electrons. The summed E-state index contributed by atoms with van der Waals surface area (Å²) >= 11 is 0. The Morgan fingerprint density at radius 3 is 2.50 bits per heavy atom. The van der Waals surface area contributed by atoms with E-state index in [4.69, 9.17) is 4.74 Å². The molecule has 1 fully saturated rings. The van der Waals surface area contributed by atoms with E-state index in [1.54, 1.807) is 30.3 Å². The zero-order valence-electron chi connectivity index (χ0n) is 16.9. The fourth-order valence-electron chi connectivity index (χ4n) is 3.18. The Labute approximate surface area is 177 Å². The summed E-state index contributed by atoms with van der Waals surface area (Å²) in [7, 11) is -6.13. The first-order chi connectivity index (χ1) is 14.2. The Morgan fingerprint density at radius 2 is 1.77 bits per heavy atom. The van der Waals surface area contributed by atoms with Gasteiger partial charge in [-0.1, -0.05) is 6.07 Å². The fraction of sp³-hybridized carbons (Fsp3) is 0.368. The van der Waals surface area contributed by atoms with E-state index in [1.165, 1.54) is 19.2 Å². The van der Waals surface area contributed by atoms with Crippen LogP contribution in [-0.2, 0) is 20.0 Å². The van der Waals surface area contributed by atoms with Gasteiger partial charge in [0.15, 0.2) is 0 Å². The molecule has 1 aliphatic rings. The first-order valence-electron chi connectivity index (χ1n) is 9.42. The number of benzene rings is 2. The number of anilines is 3. The smallest absolute Gasteiger partial charge is 0.262 e. The van der Waals surface area contributed by atoms with Crippen LogP contribution in [0.4, 0.5) is 17.1 Å². The molecule has 3 rings (SSSR count). The van der Waals surface area contributed by atoms with Crippen molar-refractivity contribution in [3.8, 4) is 5.75 Å². The van der Waals surface area contributed by atoms with Crippen LogP contribution in [0.1, 0.15) is 6.42 Å². The Balaban J connectivity index is 1.96. The van der Waals surface area contributed by atoms with Gasteiger partial charge in [-0.25, -0.2) is 16.8 Å². The van der Waals surface area contributed by atoms with Crippen LogP contribution in [0.2, 0.25) is 0 Å². The summed E-state index contributed by atoms with van der Waals surface area (Å²) in [6.07, 6.45) is 1.98. The lowest BCUT2D eigenvalue weighted by atomic mass is 10.2. The maximum Gasteiger partial charge on any atom is 0.262 e. The van der Waals surface area contributed by atoms with Crippen molar-refractivity contribution < 1.29 is 21.6 Å². The van der Waals surface area contributed by atoms with Crippen LogP contribution in [0, 0.1) is 0 Å². The molecule has 0 spiro atoms. The molecule has 0 amide bonds. The van der Waals surface area contributed by atoms with E-state index in [9.17, 15) is 16.8 Å². The van der Waals surface area contributed by atoms with Crippen molar-refractivity contribution in [2.45, 2.75) is 11.3 Å². The molecule has 0 aromatic heterocycles. The third kappa shape index (κ3) is 5.77. The molecule has 9 nitrogen and oxygen atoms in total. The summed E-state index contributed by atoms with van der Waals surface area (Å²) in [5.41, 5.74) is 1.12. The minimum Gasteiger partial charge on any atom is -0.497 e. The molecule has 164 valence electrons. The molecule has 1 aliphatic heterocycles. The molecule has 1 saturated heterocycles. The fourth-order valence-corrected chi connectivity index (χ4v) is 4.86. The van der Waals surface area contributed by atoms with Gasteiger partial charge in [-0.05, 0) is 43.3 Å². The highest BCUT2D eigenvalue weighted by molar-refractivity contribution is 7.93. The number of hydrogen-bond acceptors (Lipinski definition) is 7. The van der Waals surface area contributed by atoms with Gasteiger partial charge in [0.25, 0.3) is 10.0 Å². The minimum atomic E-state index is -3.96. The Bertz CT molecular complexity index is 1100. The molecule has 1 heterocycles. The molecule has 0 aliphatic carbocycles. The predicted molar refractivity (Wildman–Crippen MR) is 118 cm³/mol. The molecule has 30 heavy (non-hydrogen) atoms. The van der Waals surface area contributed by atoms with Gasteiger partial charge in [-0.2, -0.15) is 0 Å². The summed E-state index contributed by atoms with van der Waals surface area (Å²) in [4.78, 5) is 2.14. The molecular weight excluding hydrogens is 428 g/mol. The van der Waals surface area contributed by atoms with Crippen molar-refractivity contribution in [2.75, 3.05) is 53.9 Å². The largest absolute Gasteiger partial charge is 0.497 e. The van der Waals surface area contributed by atoms with Crippen molar-refractivity contribution in [1.29, 1.82) is 0 Å². The van der Waals surface area contributed by atoms with Crippen LogP contribution in [0.25, 0.3) is 0 Å². The lowest BCUT2D eigenvalue weighted by molar-refractivity contribution is 0.413. The molecule has 2 aromatic rings. The monoisotopic (exact) mass is 454 g/mol. The number of hydrogen-bond donors (Lipinski definition) is 3. The molecule has 0 bridgehead atoms. The summed E-state index contributed by atoms with van der Waals surface area (Å²) in [5, 5.41) is 3.31. The average molecular weight is 455 g/mol. The second kappa shape index (κ2) is 9.11. The van der Waals surface area contributed by atoms with Crippen LogP contribution in [0.3, 0.4) is 0 Å². The summed E-state index contributed by atoms with van der Waals surface area (Å²) in [5.74, 6) is 0.400. The Morgan fingerprint density at radius 1 is 0.967 bits per heavy atom. The quantitative estimate of drug-likeness (QED) is 0.583. The van der Waals surface area contributed by atoms with Gasteiger partial charge in [0, 0.05) is 31.4 Å². The lowest BCUT2D eigenvalue weighted by Gasteiger charge is -2.24. The Hall–Kier alpha value is -2.50. The van der Waals surface area contributed by atoms with E-state index in [2.05, 4.69) is 19.7 Å². The second-order valence-corrected chi connectivity index (χ2v) is 10.4. The topological polar surface area (TPSA) is 117 Å². The number of nitrogens with zero attached hydrogens (tertiary/aromatic N) is 1. The van der Waals surface area contributed by atoms with E-state index >= 15 is 0 Å². The SMILES string of the molecule is COc1cccc(S(=O)(=O)Nc2ccc(N3CCCNCC3)cc2NS(C)(=O)=O)c1. The maximum absolute atomic E-state index is 12.9. The van der Waals surface area contributed by atoms with Crippen LogP contribution >= 0.6 is 0 Å². The first kappa shape index (κ1) is 22.2. The van der Waals surface area contributed by atoms with E-state index in [0.29, 0.717) is 5.75 Å². The third-order valence-electron chi connectivity index (χ3n) is 4.60. The molecule has 0 unspecified atom stereocenters. The van der Waals surface area contributed by atoms with Gasteiger partial charge in [0.2, 0.25) is 10.0 Å². The van der Waals surface area contributed by atoms with Crippen molar-refractivity contribution in [3.63, 3.8) is 0 Å². The molecule has 2 aromatic carbocycles. The van der Waals surface area contributed by atoms with E-state index in [-0.39, 0.29) is 16.3 Å². The second-order valence-electron chi connectivity index (χ2n) is 6.98. The first-order valence-corrected chi connectivity index (χ1v) is 12.8. The molecule has 0 atom stereocenters. The van der Waals surface area contributed by atoms with E-state index in [1.807, 2.05) is 0 Å². The molecule has 11 heteroatoms. The van der Waals surface area contributed by atoms with Crippen molar-refractivity contribution >= 4 is 37.1 Å². The van der Waals surface area contributed by atoms with Crippen molar-refractivity contribution in [1.82, 2.24) is 5.32 Å². The highest BCUT2D eigenvalue weighted by atomic mass is 32.2. The van der Waals surface area contributed by atoms with Crippen molar-refractivity contribution in [2.24, 2.45) is 0 Å². The molecule has 3 N–H and O–H groups in total. The van der Waals surface area contributed by atoms with Gasteiger partial charge in [0.1, 0.15) is 5.75 Å². The summed E-state index contributed by atoms with van der Waals surface area (Å²) < 4.78 is 59.5. The van der Waals surface area contributed by atoms with Crippen LogP contribution in [0.5, 0.6) is 5.75 Å². The highest BCUT2D eigenvalue weighted by Crippen LogP contribution is 2.31. The number of ether oxygens (including phenoxy) is 1. The summed E-state index contributed by atoms with van der Waals surface area (Å²) in [6, 6.07) is 11.0. The van der Waals surface area contributed by atoms with E-state index in [0.717, 1.165) is 44.5 Å². The predicted octanol–water partition coefficient (Wildman–Crippen LogP) is 1.67. The van der Waals surface area contributed by atoms with Gasteiger partial charge in [-0.15, -0.1) is 0 Å². The normalized spacial score (nSPS) is 15.3. The van der Waals surface area contributed by atoms with Crippen molar-refractivity contribution in [3.05, 3.63) is 42.5 Å². The molecular formula is C19H26N4O5S2. The highest BCUT2D eigenvalue weighted by Gasteiger charge is 2.20. The number of rotatable bonds is 7. The van der Waals surface area contributed by atoms with Gasteiger partial charge in [0.05, 0.1) is 29.6 Å². The maximum atomic E-state index is 12.9. The number of methoxy groups -OCH3 is 1. The minimum absolute atomic E-state index is 0.00910. The number of nitrogens with one attached hydrogen (secondary N) is 3. The number of sulfonamides is 2. The zero-order chi connectivity index (χ0) is 21.8. The van der Waals surface area contributed by atoms with Crippen LogP contribution < -0.4 is 24.4 Å². The lowest BCUT2D eigenvalue weighted by Crippen LogP contribution is -2.28. The van der Waals surface area contributed by atoms with Gasteiger partial charge in [-0.3, -0.25) is 9.44 Å². The molecule has 0 saturated carbocycles. The van der Waals surface area contributed by atoms with Crippen LogP contribution in [0.15, 0.2) is 47.4 Å². The average Bonchev–Trinajstić information content (AvgIpc) is 2.97. The van der Waals surface area contributed by atoms with E-state index < -0.39 is 20.0 Å². The van der Waals surface area contributed by atoms with Crippen LogP contribution in [-0.4, -0.2) is 56.4 Å². The summed E-state index contributed by atoms with van der Waals surface area (Å²) in [6.45, 7) is 3.33.